The fourth-order valence-corrected chi connectivity index (χ4v) is 6.11. The van der Waals surface area contributed by atoms with Gasteiger partial charge in [-0.25, -0.2) is 9.59 Å². The van der Waals surface area contributed by atoms with Crippen molar-refractivity contribution >= 4 is 41.0 Å². The first kappa shape index (κ1) is 32.9. The van der Waals surface area contributed by atoms with Gasteiger partial charge in [0.1, 0.15) is 11.4 Å². The molecule has 2 fully saturated rings. The van der Waals surface area contributed by atoms with Gasteiger partial charge in [-0.15, -0.1) is 0 Å². The van der Waals surface area contributed by atoms with Crippen LogP contribution >= 0.6 is 11.6 Å². The molecule has 2 saturated heterocycles. The molecule has 11 heteroatoms. The Bertz CT molecular complexity index is 1630. The Morgan fingerprint density at radius 1 is 0.891 bits per heavy atom. The molecule has 0 aromatic heterocycles. The summed E-state index contributed by atoms with van der Waals surface area (Å²) in [6.45, 7) is 11.0. The molecule has 244 valence electrons. The highest BCUT2D eigenvalue weighted by Crippen LogP contribution is 2.42. The van der Waals surface area contributed by atoms with E-state index in [9.17, 15) is 14.4 Å². The number of benzene rings is 3. The van der Waals surface area contributed by atoms with Crippen LogP contribution in [0.3, 0.4) is 0 Å². The molecule has 2 aliphatic rings. The lowest BCUT2D eigenvalue weighted by molar-refractivity contribution is -0.119. The third kappa shape index (κ3) is 7.17. The summed E-state index contributed by atoms with van der Waals surface area (Å²) in [7, 11) is 3.43. The van der Waals surface area contributed by atoms with Gasteiger partial charge in [-0.05, 0) is 55.7 Å². The van der Waals surface area contributed by atoms with Crippen LogP contribution < -0.4 is 19.9 Å². The SMILES string of the molecule is COc1c(-c2ccc(N3CCN(C)C3=O)c(Cl)c2)cccc1-c1ccc(CNC(C)=O)c(N2CCN(C(=O)OC(C)(C)C)CC2)c1. The van der Waals surface area contributed by atoms with Crippen molar-refractivity contribution in [3.05, 3.63) is 65.2 Å². The number of hydrogen-bond acceptors (Lipinski definition) is 6. The maximum Gasteiger partial charge on any atom is 0.410 e. The number of ether oxygens (including phenoxy) is 2. The van der Waals surface area contributed by atoms with Crippen molar-refractivity contribution in [1.82, 2.24) is 15.1 Å². The number of likely N-dealkylation sites (N-methyl/N-ethyl adjacent to an activating group) is 1. The molecule has 3 aromatic carbocycles. The summed E-state index contributed by atoms with van der Waals surface area (Å²) in [6.07, 6.45) is -0.312. The van der Waals surface area contributed by atoms with E-state index in [1.54, 1.807) is 28.9 Å². The van der Waals surface area contributed by atoms with E-state index < -0.39 is 5.60 Å². The Kier molecular flexibility index (Phi) is 9.67. The number of methoxy groups -OCH3 is 1. The zero-order chi connectivity index (χ0) is 33.2. The van der Waals surface area contributed by atoms with Gasteiger partial charge in [-0.2, -0.15) is 0 Å². The fourth-order valence-electron chi connectivity index (χ4n) is 5.83. The van der Waals surface area contributed by atoms with Crippen molar-refractivity contribution in [2.24, 2.45) is 0 Å². The number of carbonyl (C=O) groups is 3. The van der Waals surface area contributed by atoms with Crippen LogP contribution in [0.1, 0.15) is 33.3 Å². The second-order valence-corrected chi connectivity index (χ2v) is 13.0. The van der Waals surface area contributed by atoms with E-state index in [2.05, 4.69) is 16.3 Å². The Morgan fingerprint density at radius 3 is 2.11 bits per heavy atom. The number of nitrogens with one attached hydrogen (secondary N) is 1. The molecule has 2 aliphatic heterocycles. The van der Waals surface area contributed by atoms with Crippen LogP contribution in [0.2, 0.25) is 5.02 Å². The molecule has 3 aromatic rings. The Morgan fingerprint density at radius 2 is 1.54 bits per heavy atom. The molecule has 0 atom stereocenters. The summed E-state index contributed by atoms with van der Waals surface area (Å²) in [4.78, 5) is 44.4. The Hall–Kier alpha value is -4.44. The maximum absolute atomic E-state index is 12.7. The largest absolute Gasteiger partial charge is 0.495 e. The van der Waals surface area contributed by atoms with Crippen LogP contribution in [0.4, 0.5) is 21.0 Å². The monoisotopic (exact) mass is 647 g/mol. The van der Waals surface area contributed by atoms with E-state index in [1.807, 2.05) is 69.3 Å². The van der Waals surface area contributed by atoms with Gasteiger partial charge in [-0.3, -0.25) is 9.69 Å². The quantitative estimate of drug-likeness (QED) is 0.326. The third-order valence-electron chi connectivity index (χ3n) is 8.18. The molecule has 0 spiro atoms. The van der Waals surface area contributed by atoms with Crippen LogP contribution in [0.25, 0.3) is 22.3 Å². The Labute approximate surface area is 275 Å². The first-order valence-corrected chi connectivity index (χ1v) is 15.8. The van der Waals surface area contributed by atoms with Crippen molar-refractivity contribution < 1.29 is 23.9 Å². The maximum atomic E-state index is 12.7. The van der Waals surface area contributed by atoms with Crippen LogP contribution in [0.5, 0.6) is 5.75 Å². The highest BCUT2D eigenvalue weighted by atomic mass is 35.5. The van der Waals surface area contributed by atoms with Crippen molar-refractivity contribution in [1.29, 1.82) is 0 Å². The topological polar surface area (TPSA) is 94.7 Å². The second-order valence-electron chi connectivity index (χ2n) is 12.6. The van der Waals surface area contributed by atoms with E-state index >= 15 is 0 Å². The number of piperazine rings is 1. The molecular formula is C35H42ClN5O5. The molecule has 2 heterocycles. The van der Waals surface area contributed by atoms with Gasteiger partial charge < -0.3 is 29.5 Å². The van der Waals surface area contributed by atoms with Gasteiger partial charge >= 0.3 is 12.1 Å². The zero-order valence-corrected chi connectivity index (χ0v) is 28.1. The van der Waals surface area contributed by atoms with E-state index in [0.29, 0.717) is 62.3 Å². The van der Waals surface area contributed by atoms with E-state index in [4.69, 9.17) is 21.1 Å². The van der Waals surface area contributed by atoms with Crippen LogP contribution in [0, 0.1) is 0 Å². The minimum absolute atomic E-state index is 0.0711. The lowest BCUT2D eigenvalue weighted by Gasteiger charge is -2.37. The summed E-state index contributed by atoms with van der Waals surface area (Å²) < 4.78 is 11.6. The van der Waals surface area contributed by atoms with Crippen molar-refractivity contribution in [3.63, 3.8) is 0 Å². The molecule has 0 bridgehead atoms. The standard InChI is InChI=1S/C35H42ClN5O5/c1-23(42)37-22-26-11-10-25(21-31(26)39-15-17-40(18-16-39)34(44)46-35(2,3)4)28-9-7-8-27(32(28)45-6)24-12-13-30(29(36)20-24)41-19-14-38(5)33(41)43/h7-13,20-21H,14-19,22H2,1-6H3,(H,37,42). The van der Waals surface area contributed by atoms with Gasteiger partial charge in [0.05, 0.1) is 17.8 Å². The number of rotatable bonds is 7. The number of urea groups is 1. The first-order valence-electron chi connectivity index (χ1n) is 15.5. The molecule has 0 unspecified atom stereocenters. The molecular weight excluding hydrogens is 606 g/mol. The van der Waals surface area contributed by atoms with Crippen LogP contribution in [0.15, 0.2) is 54.6 Å². The molecule has 46 heavy (non-hydrogen) atoms. The van der Waals surface area contributed by atoms with Gasteiger partial charge in [0.25, 0.3) is 0 Å². The summed E-state index contributed by atoms with van der Waals surface area (Å²) >= 11 is 6.74. The number of para-hydroxylation sites is 1. The highest BCUT2D eigenvalue weighted by Gasteiger charge is 2.29. The van der Waals surface area contributed by atoms with E-state index in [0.717, 1.165) is 33.5 Å². The second kappa shape index (κ2) is 13.5. The normalized spacial score (nSPS) is 15.3. The van der Waals surface area contributed by atoms with Crippen LogP contribution in [-0.2, 0) is 16.1 Å². The lowest BCUT2D eigenvalue weighted by Crippen LogP contribution is -2.50. The summed E-state index contributed by atoms with van der Waals surface area (Å²) in [5.74, 6) is 0.587. The highest BCUT2D eigenvalue weighted by molar-refractivity contribution is 6.34. The molecule has 4 amide bonds. The predicted molar refractivity (Wildman–Crippen MR) is 182 cm³/mol. The van der Waals surface area contributed by atoms with Crippen LogP contribution in [-0.4, -0.2) is 86.9 Å². The predicted octanol–water partition coefficient (Wildman–Crippen LogP) is 6.25. The van der Waals surface area contributed by atoms with Gasteiger partial charge in [0, 0.05) is 76.6 Å². The zero-order valence-electron chi connectivity index (χ0n) is 27.4. The van der Waals surface area contributed by atoms with E-state index in [-0.39, 0.29) is 18.0 Å². The molecule has 0 radical (unpaired) electrons. The van der Waals surface area contributed by atoms with Gasteiger partial charge in [0.15, 0.2) is 0 Å². The number of amides is 4. The van der Waals surface area contributed by atoms with Crippen molar-refractivity contribution in [2.45, 2.75) is 39.8 Å². The fraction of sp³-hybridized carbons (Fsp3) is 0.400. The summed E-state index contributed by atoms with van der Waals surface area (Å²) in [6, 6.07) is 17.8. The average Bonchev–Trinajstić information content (AvgIpc) is 3.35. The number of carbonyl (C=O) groups excluding carboxylic acids is 3. The Balaban J connectivity index is 1.46. The lowest BCUT2D eigenvalue weighted by atomic mass is 9.95. The minimum atomic E-state index is -0.557. The number of hydrogen-bond donors (Lipinski definition) is 1. The number of halogens is 1. The molecule has 0 saturated carbocycles. The minimum Gasteiger partial charge on any atom is -0.495 e. The van der Waals surface area contributed by atoms with Crippen molar-refractivity contribution in [2.75, 3.05) is 63.2 Å². The third-order valence-corrected chi connectivity index (χ3v) is 8.48. The average molecular weight is 648 g/mol. The smallest absolute Gasteiger partial charge is 0.410 e. The first-order chi connectivity index (χ1) is 21.9. The molecule has 1 N–H and O–H groups in total. The van der Waals surface area contributed by atoms with E-state index in [1.165, 1.54) is 6.92 Å². The van der Waals surface area contributed by atoms with Gasteiger partial charge in [0.2, 0.25) is 5.91 Å². The number of anilines is 2. The summed E-state index contributed by atoms with van der Waals surface area (Å²) in [5, 5.41) is 3.42. The number of nitrogens with zero attached hydrogens (tertiary/aromatic N) is 4. The molecule has 5 rings (SSSR count). The molecule has 0 aliphatic carbocycles. The van der Waals surface area contributed by atoms with Gasteiger partial charge in [-0.1, -0.05) is 48.0 Å². The van der Waals surface area contributed by atoms with Crippen molar-refractivity contribution in [3.8, 4) is 28.0 Å². The summed E-state index contributed by atoms with van der Waals surface area (Å²) in [5.41, 5.74) is 5.67. The molecule has 10 nitrogen and oxygen atoms in total.